The molecule has 2 nitrogen and oxygen atoms in total. The van der Waals surface area contributed by atoms with Gasteiger partial charge in [-0.3, -0.25) is 4.99 Å². The molecule has 0 saturated carbocycles. The Morgan fingerprint density at radius 1 is 1.78 bits per heavy atom. The zero-order valence-corrected chi connectivity index (χ0v) is 5.96. The Bertz CT molecular complexity index is 129. The Labute approximate surface area is 55.6 Å². The van der Waals surface area contributed by atoms with Crippen molar-refractivity contribution in [2.24, 2.45) is 10.9 Å². The first-order chi connectivity index (χ1) is 4.22. The van der Waals surface area contributed by atoms with Gasteiger partial charge in [0, 0.05) is 12.3 Å². The molecule has 1 aliphatic rings. The quantitative estimate of drug-likeness (QED) is 0.556. The van der Waals surface area contributed by atoms with Crippen LogP contribution in [-0.4, -0.2) is 23.5 Å². The van der Waals surface area contributed by atoms with Gasteiger partial charge in [0.05, 0.1) is 6.10 Å². The second kappa shape index (κ2) is 2.48. The maximum Gasteiger partial charge on any atom is 0.0891 e. The molecule has 1 aliphatic heterocycles. The van der Waals surface area contributed by atoms with Crippen LogP contribution in [0.3, 0.4) is 0 Å². The summed E-state index contributed by atoms with van der Waals surface area (Å²) >= 11 is 0. The lowest BCUT2D eigenvalue weighted by molar-refractivity contribution is 0.257. The van der Waals surface area contributed by atoms with Crippen molar-refractivity contribution in [3.05, 3.63) is 0 Å². The number of aliphatic hydroxyl groups is 1. The van der Waals surface area contributed by atoms with Crippen LogP contribution in [0.5, 0.6) is 0 Å². The van der Waals surface area contributed by atoms with Crippen molar-refractivity contribution in [2.45, 2.75) is 26.4 Å². The van der Waals surface area contributed by atoms with Crippen LogP contribution < -0.4 is 0 Å². The third-order valence-electron chi connectivity index (χ3n) is 1.79. The molecule has 0 saturated heterocycles. The first-order valence-electron chi connectivity index (χ1n) is 3.44. The van der Waals surface area contributed by atoms with Crippen molar-refractivity contribution < 1.29 is 5.11 Å². The predicted octanol–water partition coefficient (Wildman–Crippen LogP) is 0.848. The molecule has 1 heterocycles. The van der Waals surface area contributed by atoms with E-state index in [-0.39, 0.29) is 6.10 Å². The summed E-state index contributed by atoms with van der Waals surface area (Å²) in [6.45, 7) is 4.79. The number of aliphatic hydroxyl groups excluding tert-OH is 1. The molecule has 0 aliphatic carbocycles. The summed E-state index contributed by atoms with van der Waals surface area (Å²) in [6, 6.07) is 0. The minimum Gasteiger partial charge on any atom is -0.387 e. The third kappa shape index (κ3) is 1.30. The van der Waals surface area contributed by atoms with Crippen molar-refractivity contribution in [3.8, 4) is 0 Å². The molecule has 0 aromatic rings. The number of aliphatic imine (C=N–C) groups is 1. The SMILES string of the molecule is CC(O)C1=NCCC1C. The third-order valence-corrected chi connectivity index (χ3v) is 1.79. The summed E-state index contributed by atoms with van der Waals surface area (Å²) in [7, 11) is 0. The monoisotopic (exact) mass is 127 g/mol. The molecule has 52 valence electrons. The van der Waals surface area contributed by atoms with Gasteiger partial charge in [0.2, 0.25) is 0 Å². The highest BCUT2D eigenvalue weighted by molar-refractivity contribution is 5.91. The molecule has 0 fully saturated rings. The normalized spacial score (nSPS) is 30.1. The number of nitrogens with zero attached hydrogens (tertiary/aromatic N) is 1. The van der Waals surface area contributed by atoms with Gasteiger partial charge in [-0.1, -0.05) is 6.92 Å². The number of hydrogen-bond acceptors (Lipinski definition) is 2. The van der Waals surface area contributed by atoms with Crippen LogP contribution in [0.4, 0.5) is 0 Å². The molecule has 0 amide bonds. The van der Waals surface area contributed by atoms with E-state index in [2.05, 4.69) is 11.9 Å². The highest BCUT2D eigenvalue weighted by atomic mass is 16.3. The Morgan fingerprint density at radius 3 is 2.67 bits per heavy atom. The van der Waals surface area contributed by atoms with E-state index < -0.39 is 0 Å². The molecule has 2 atom stereocenters. The van der Waals surface area contributed by atoms with E-state index >= 15 is 0 Å². The summed E-state index contributed by atoms with van der Waals surface area (Å²) in [5.41, 5.74) is 0.981. The minimum absolute atomic E-state index is 0.331. The maximum absolute atomic E-state index is 9.09. The number of hydrogen-bond donors (Lipinski definition) is 1. The highest BCUT2D eigenvalue weighted by Crippen LogP contribution is 2.14. The number of rotatable bonds is 1. The summed E-state index contributed by atoms with van der Waals surface area (Å²) < 4.78 is 0. The Morgan fingerprint density at radius 2 is 2.44 bits per heavy atom. The first kappa shape index (κ1) is 6.75. The second-order valence-electron chi connectivity index (χ2n) is 2.67. The van der Waals surface area contributed by atoms with Crippen LogP contribution in [0, 0.1) is 5.92 Å². The van der Waals surface area contributed by atoms with Crippen LogP contribution in [-0.2, 0) is 0 Å². The van der Waals surface area contributed by atoms with Gasteiger partial charge in [0.15, 0.2) is 0 Å². The molecule has 1 N–H and O–H groups in total. The van der Waals surface area contributed by atoms with Crippen molar-refractivity contribution >= 4 is 5.71 Å². The summed E-state index contributed by atoms with van der Waals surface area (Å²) in [5.74, 6) is 0.505. The Balaban J connectivity index is 2.57. The van der Waals surface area contributed by atoms with Gasteiger partial charge in [0.1, 0.15) is 0 Å². The first-order valence-corrected chi connectivity index (χ1v) is 3.44. The Hall–Kier alpha value is -0.370. The van der Waals surface area contributed by atoms with Gasteiger partial charge in [-0.2, -0.15) is 0 Å². The molecule has 0 radical (unpaired) electrons. The predicted molar refractivity (Wildman–Crippen MR) is 37.8 cm³/mol. The average Bonchev–Trinajstić information content (AvgIpc) is 2.13. The maximum atomic E-state index is 9.09. The largest absolute Gasteiger partial charge is 0.387 e. The van der Waals surface area contributed by atoms with Crippen LogP contribution in [0.25, 0.3) is 0 Å². The van der Waals surface area contributed by atoms with E-state index in [1.54, 1.807) is 6.92 Å². The topological polar surface area (TPSA) is 32.6 Å². The summed E-state index contributed by atoms with van der Waals surface area (Å²) in [4.78, 5) is 4.18. The summed E-state index contributed by atoms with van der Waals surface area (Å²) in [6.07, 6.45) is 0.780. The zero-order chi connectivity index (χ0) is 6.85. The molecule has 0 aromatic heterocycles. The van der Waals surface area contributed by atoms with Gasteiger partial charge in [0.25, 0.3) is 0 Å². The molecular formula is C7H13NO. The average molecular weight is 127 g/mol. The van der Waals surface area contributed by atoms with E-state index in [0.717, 1.165) is 18.7 Å². The molecule has 0 spiro atoms. The van der Waals surface area contributed by atoms with Gasteiger partial charge in [-0.05, 0) is 19.3 Å². The van der Waals surface area contributed by atoms with Gasteiger partial charge in [-0.25, -0.2) is 0 Å². The lowest BCUT2D eigenvalue weighted by atomic mass is 10.0. The van der Waals surface area contributed by atoms with Crippen molar-refractivity contribution in [2.75, 3.05) is 6.54 Å². The van der Waals surface area contributed by atoms with Crippen LogP contribution >= 0.6 is 0 Å². The standard InChI is InChI=1S/C7H13NO/c1-5-3-4-8-7(5)6(2)9/h5-6,9H,3-4H2,1-2H3. The van der Waals surface area contributed by atoms with Crippen LogP contribution in [0.1, 0.15) is 20.3 Å². The van der Waals surface area contributed by atoms with E-state index in [4.69, 9.17) is 5.11 Å². The molecule has 2 unspecified atom stereocenters. The van der Waals surface area contributed by atoms with Crippen molar-refractivity contribution in [1.82, 2.24) is 0 Å². The van der Waals surface area contributed by atoms with Crippen LogP contribution in [0.15, 0.2) is 4.99 Å². The highest BCUT2D eigenvalue weighted by Gasteiger charge is 2.19. The molecule has 2 heteroatoms. The smallest absolute Gasteiger partial charge is 0.0891 e. The van der Waals surface area contributed by atoms with E-state index in [1.165, 1.54) is 0 Å². The molecule has 0 bridgehead atoms. The minimum atomic E-state index is -0.331. The van der Waals surface area contributed by atoms with E-state index in [9.17, 15) is 0 Å². The molecule has 1 rings (SSSR count). The van der Waals surface area contributed by atoms with Gasteiger partial charge < -0.3 is 5.11 Å². The van der Waals surface area contributed by atoms with Crippen LogP contribution in [0.2, 0.25) is 0 Å². The van der Waals surface area contributed by atoms with Crippen molar-refractivity contribution in [3.63, 3.8) is 0 Å². The van der Waals surface area contributed by atoms with E-state index in [0.29, 0.717) is 5.92 Å². The molecular weight excluding hydrogens is 114 g/mol. The fraction of sp³-hybridized carbons (Fsp3) is 0.857. The van der Waals surface area contributed by atoms with Crippen molar-refractivity contribution in [1.29, 1.82) is 0 Å². The van der Waals surface area contributed by atoms with Gasteiger partial charge >= 0.3 is 0 Å². The fourth-order valence-corrected chi connectivity index (χ4v) is 1.23. The second-order valence-corrected chi connectivity index (χ2v) is 2.67. The Kier molecular flexibility index (Phi) is 1.86. The summed E-state index contributed by atoms with van der Waals surface area (Å²) in [5, 5.41) is 9.09. The molecule has 0 aromatic carbocycles. The van der Waals surface area contributed by atoms with Gasteiger partial charge in [-0.15, -0.1) is 0 Å². The lowest BCUT2D eigenvalue weighted by Crippen LogP contribution is -2.20. The van der Waals surface area contributed by atoms with E-state index in [1.807, 2.05) is 0 Å². The zero-order valence-electron chi connectivity index (χ0n) is 5.96. The fourth-order valence-electron chi connectivity index (χ4n) is 1.23. The lowest BCUT2D eigenvalue weighted by Gasteiger charge is -2.08. The molecule has 9 heavy (non-hydrogen) atoms.